The lowest BCUT2D eigenvalue weighted by atomic mass is 10.1. The highest BCUT2D eigenvalue weighted by Gasteiger charge is 2.14. The number of hydrogen-bond acceptors (Lipinski definition) is 4. The molecule has 1 N–H and O–H groups in total. The molecule has 5 nitrogen and oxygen atoms in total. The fourth-order valence-electron chi connectivity index (χ4n) is 2.33. The summed E-state index contributed by atoms with van der Waals surface area (Å²) in [7, 11) is 1.54. The molecule has 2 aromatic carbocycles. The predicted molar refractivity (Wildman–Crippen MR) is 105 cm³/mol. The third kappa shape index (κ3) is 4.64. The first-order valence-electron chi connectivity index (χ1n) is 7.99. The largest absolute Gasteiger partial charge is 0.493 e. The summed E-state index contributed by atoms with van der Waals surface area (Å²) in [6, 6.07) is 12.8. The van der Waals surface area contributed by atoms with E-state index in [2.05, 4.69) is 21.2 Å². The number of nitrogens with zero attached hydrogens (tertiary/aromatic N) is 1. The highest BCUT2D eigenvalue weighted by molar-refractivity contribution is 9.10. The first-order chi connectivity index (χ1) is 12.5. The number of carbonyl (C=O) groups excluding carboxylic acids is 1. The molecular formula is C20H19BrN2O3. The number of hydrogen-bond donors (Lipinski definition) is 1. The van der Waals surface area contributed by atoms with Gasteiger partial charge in [0.05, 0.1) is 18.2 Å². The summed E-state index contributed by atoms with van der Waals surface area (Å²) in [6.07, 6.45) is 1.51. The van der Waals surface area contributed by atoms with Crippen molar-refractivity contribution < 1.29 is 14.3 Å². The molecule has 1 amide bonds. The SMILES string of the molecule is CCOc1c(Br)cc(/C=C(\C#N)C(=O)Nc2ccccc2C)cc1OC. The molecule has 0 heterocycles. The van der Waals surface area contributed by atoms with E-state index in [0.717, 1.165) is 5.56 Å². The van der Waals surface area contributed by atoms with E-state index in [-0.39, 0.29) is 5.57 Å². The van der Waals surface area contributed by atoms with Crippen molar-refractivity contribution in [2.24, 2.45) is 0 Å². The van der Waals surface area contributed by atoms with E-state index < -0.39 is 5.91 Å². The van der Waals surface area contributed by atoms with Gasteiger partial charge in [-0.1, -0.05) is 18.2 Å². The maximum absolute atomic E-state index is 12.4. The molecule has 0 spiro atoms. The second kappa shape index (κ2) is 9.07. The van der Waals surface area contributed by atoms with Gasteiger partial charge in [0.25, 0.3) is 5.91 Å². The van der Waals surface area contributed by atoms with Crippen LogP contribution in [0, 0.1) is 18.3 Å². The Morgan fingerprint density at radius 1 is 1.35 bits per heavy atom. The van der Waals surface area contributed by atoms with E-state index in [4.69, 9.17) is 9.47 Å². The Hall–Kier alpha value is -2.78. The van der Waals surface area contributed by atoms with Gasteiger partial charge in [-0.25, -0.2) is 0 Å². The van der Waals surface area contributed by atoms with Gasteiger partial charge in [0.15, 0.2) is 11.5 Å². The number of benzene rings is 2. The van der Waals surface area contributed by atoms with E-state index in [0.29, 0.717) is 33.8 Å². The third-order valence-corrected chi connectivity index (χ3v) is 4.20. The topological polar surface area (TPSA) is 71.3 Å². The Labute approximate surface area is 161 Å². The molecule has 0 aliphatic heterocycles. The Kier molecular flexibility index (Phi) is 6.81. The number of anilines is 1. The third-order valence-electron chi connectivity index (χ3n) is 3.61. The van der Waals surface area contributed by atoms with Crippen LogP contribution in [0.1, 0.15) is 18.1 Å². The van der Waals surface area contributed by atoms with Gasteiger partial charge in [0.1, 0.15) is 11.6 Å². The number of para-hydroxylation sites is 1. The number of rotatable bonds is 6. The van der Waals surface area contributed by atoms with E-state index in [1.807, 2.05) is 38.1 Å². The van der Waals surface area contributed by atoms with E-state index in [1.165, 1.54) is 13.2 Å². The number of nitrogens with one attached hydrogen (secondary N) is 1. The van der Waals surface area contributed by atoms with Gasteiger partial charge in [-0.15, -0.1) is 0 Å². The molecule has 0 atom stereocenters. The van der Waals surface area contributed by atoms with Gasteiger partial charge in [-0.05, 0) is 65.2 Å². The Balaban J connectivity index is 2.34. The van der Waals surface area contributed by atoms with Crippen LogP contribution in [0.25, 0.3) is 6.08 Å². The lowest BCUT2D eigenvalue weighted by Gasteiger charge is -2.12. The summed E-state index contributed by atoms with van der Waals surface area (Å²) in [4.78, 5) is 12.4. The van der Waals surface area contributed by atoms with Crippen molar-refractivity contribution in [3.8, 4) is 17.6 Å². The number of halogens is 1. The van der Waals surface area contributed by atoms with E-state index >= 15 is 0 Å². The number of carbonyl (C=O) groups is 1. The van der Waals surface area contributed by atoms with Gasteiger partial charge in [0, 0.05) is 5.69 Å². The number of methoxy groups -OCH3 is 1. The zero-order valence-corrected chi connectivity index (χ0v) is 16.4. The molecule has 0 radical (unpaired) electrons. The van der Waals surface area contributed by atoms with Gasteiger partial charge in [-0.2, -0.15) is 5.26 Å². The quantitative estimate of drug-likeness (QED) is 0.548. The second-order valence-electron chi connectivity index (χ2n) is 5.41. The van der Waals surface area contributed by atoms with Crippen molar-refractivity contribution in [3.05, 3.63) is 57.6 Å². The standard InChI is InChI=1S/C20H19BrN2O3/c1-4-26-19-16(21)10-14(11-18(19)25-3)9-15(12-22)20(24)23-17-8-6-5-7-13(17)2/h5-11H,4H2,1-3H3,(H,23,24)/b15-9+. The molecule has 0 aliphatic rings. The fourth-order valence-corrected chi connectivity index (χ4v) is 2.90. The van der Waals surface area contributed by atoms with Crippen LogP contribution in [0.5, 0.6) is 11.5 Å². The van der Waals surface area contributed by atoms with Gasteiger partial charge >= 0.3 is 0 Å². The lowest BCUT2D eigenvalue weighted by molar-refractivity contribution is -0.112. The summed E-state index contributed by atoms with van der Waals surface area (Å²) in [5.41, 5.74) is 2.23. The average Bonchev–Trinajstić information content (AvgIpc) is 2.63. The molecule has 134 valence electrons. The van der Waals surface area contributed by atoms with Crippen molar-refractivity contribution in [2.75, 3.05) is 19.0 Å². The Bertz CT molecular complexity index is 885. The molecule has 0 unspecified atom stereocenters. The average molecular weight is 415 g/mol. The van der Waals surface area contributed by atoms with E-state index in [9.17, 15) is 10.1 Å². The molecule has 2 aromatic rings. The normalized spacial score (nSPS) is 10.8. The van der Waals surface area contributed by atoms with Crippen molar-refractivity contribution in [2.45, 2.75) is 13.8 Å². The van der Waals surface area contributed by atoms with Crippen molar-refractivity contribution in [1.29, 1.82) is 5.26 Å². The number of ether oxygens (including phenoxy) is 2. The van der Waals surface area contributed by atoms with Gasteiger partial charge in [0.2, 0.25) is 0 Å². The fraction of sp³-hybridized carbons (Fsp3) is 0.200. The predicted octanol–water partition coefficient (Wildman–Crippen LogP) is 4.71. The molecule has 26 heavy (non-hydrogen) atoms. The zero-order chi connectivity index (χ0) is 19.1. The molecule has 6 heteroatoms. The van der Waals surface area contributed by atoms with Crippen molar-refractivity contribution in [1.82, 2.24) is 0 Å². The van der Waals surface area contributed by atoms with Gasteiger partial charge < -0.3 is 14.8 Å². The van der Waals surface area contributed by atoms with Crippen LogP contribution in [-0.4, -0.2) is 19.6 Å². The molecule has 0 bridgehead atoms. The minimum atomic E-state index is -0.467. The smallest absolute Gasteiger partial charge is 0.266 e. The first kappa shape index (κ1) is 19.5. The first-order valence-corrected chi connectivity index (χ1v) is 8.78. The summed E-state index contributed by atoms with van der Waals surface area (Å²) in [6.45, 7) is 4.26. The minimum Gasteiger partial charge on any atom is -0.493 e. The summed E-state index contributed by atoms with van der Waals surface area (Å²) < 4.78 is 11.6. The molecule has 0 aromatic heterocycles. The molecule has 0 saturated heterocycles. The molecule has 0 aliphatic carbocycles. The van der Waals surface area contributed by atoms with E-state index in [1.54, 1.807) is 18.2 Å². The Morgan fingerprint density at radius 2 is 2.08 bits per heavy atom. The highest BCUT2D eigenvalue weighted by Crippen LogP contribution is 2.37. The lowest BCUT2D eigenvalue weighted by Crippen LogP contribution is -2.14. The molecule has 2 rings (SSSR count). The van der Waals surface area contributed by atoms with Crippen LogP contribution in [0.3, 0.4) is 0 Å². The molecule has 0 saturated carbocycles. The number of nitriles is 1. The van der Waals surface area contributed by atoms with Crippen LogP contribution < -0.4 is 14.8 Å². The zero-order valence-electron chi connectivity index (χ0n) is 14.8. The van der Waals surface area contributed by atoms with Crippen molar-refractivity contribution in [3.63, 3.8) is 0 Å². The monoisotopic (exact) mass is 414 g/mol. The van der Waals surface area contributed by atoms with Crippen molar-refractivity contribution >= 4 is 33.6 Å². The Morgan fingerprint density at radius 3 is 2.69 bits per heavy atom. The number of amides is 1. The summed E-state index contributed by atoms with van der Waals surface area (Å²) in [5.74, 6) is 0.630. The maximum atomic E-state index is 12.4. The van der Waals surface area contributed by atoms with Crippen LogP contribution in [0.2, 0.25) is 0 Å². The van der Waals surface area contributed by atoms with Crippen LogP contribution in [-0.2, 0) is 4.79 Å². The number of aryl methyl sites for hydroxylation is 1. The summed E-state index contributed by atoms with van der Waals surface area (Å²) >= 11 is 3.43. The molecule has 0 fully saturated rings. The van der Waals surface area contributed by atoms with Gasteiger partial charge in [-0.3, -0.25) is 4.79 Å². The maximum Gasteiger partial charge on any atom is 0.266 e. The van der Waals surface area contributed by atoms with Crippen LogP contribution in [0.4, 0.5) is 5.69 Å². The minimum absolute atomic E-state index is 0.00799. The molecular weight excluding hydrogens is 396 g/mol. The van der Waals surface area contributed by atoms with Crippen LogP contribution in [0.15, 0.2) is 46.4 Å². The van der Waals surface area contributed by atoms with Crippen LogP contribution >= 0.6 is 15.9 Å². The highest BCUT2D eigenvalue weighted by atomic mass is 79.9. The summed E-state index contributed by atoms with van der Waals surface area (Å²) in [5, 5.41) is 12.2. The second-order valence-corrected chi connectivity index (χ2v) is 6.26.